The van der Waals surface area contributed by atoms with Crippen LogP contribution in [0.25, 0.3) is 0 Å². The lowest BCUT2D eigenvalue weighted by Gasteiger charge is -2.17. The first kappa shape index (κ1) is 21.7. The number of hydrogen-bond acceptors (Lipinski definition) is 7. The van der Waals surface area contributed by atoms with Crippen LogP contribution < -0.4 is 15.0 Å². The largest absolute Gasteiger partial charge is 0.455 e. The van der Waals surface area contributed by atoms with Crippen LogP contribution in [0.15, 0.2) is 40.9 Å². The molecule has 0 atom stereocenters. The molecule has 10 heteroatoms. The van der Waals surface area contributed by atoms with E-state index in [4.69, 9.17) is 9.26 Å². The minimum absolute atomic E-state index is 0.0135. The summed E-state index contributed by atoms with van der Waals surface area (Å²) in [5.74, 6) is 0.687. The first-order valence-electron chi connectivity index (χ1n) is 10.3. The van der Waals surface area contributed by atoms with Crippen molar-refractivity contribution in [3.63, 3.8) is 0 Å². The molecule has 1 aromatic carbocycles. The number of nitrogens with zero attached hydrogens (tertiary/aromatic N) is 4. The molecule has 1 saturated heterocycles. The Labute approximate surface area is 183 Å². The van der Waals surface area contributed by atoms with Crippen LogP contribution in [0.3, 0.4) is 0 Å². The van der Waals surface area contributed by atoms with E-state index in [1.54, 1.807) is 6.07 Å². The van der Waals surface area contributed by atoms with Crippen LogP contribution >= 0.6 is 0 Å². The van der Waals surface area contributed by atoms with Crippen LogP contribution in [0.4, 0.5) is 14.6 Å². The molecule has 4 rings (SSSR count). The summed E-state index contributed by atoms with van der Waals surface area (Å²) < 4.78 is 36.4. The summed E-state index contributed by atoms with van der Waals surface area (Å²) in [5.41, 5.74) is 1.33. The maximum Gasteiger partial charge on any atom is 0.319 e. The molecular weight excluding hydrogens is 420 g/mol. The van der Waals surface area contributed by atoms with Gasteiger partial charge in [0.25, 0.3) is 12.3 Å². The summed E-state index contributed by atoms with van der Waals surface area (Å²) in [6, 6.07) is 9.49. The van der Waals surface area contributed by atoms with E-state index < -0.39 is 12.3 Å². The monoisotopic (exact) mass is 443 g/mol. The van der Waals surface area contributed by atoms with E-state index in [9.17, 15) is 13.6 Å². The van der Waals surface area contributed by atoms with E-state index in [0.29, 0.717) is 11.3 Å². The molecule has 1 fully saturated rings. The number of nitrogens with one attached hydrogen (secondary N) is 1. The van der Waals surface area contributed by atoms with Crippen LogP contribution in [0, 0.1) is 6.92 Å². The lowest BCUT2D eigenvalue weighted by atomic mass is 10.1. The van der Waals surface area contributed by atoms with Gasteiger partial charge >= 0.3 is 6.01 Å². The molecule has 0 saturated carbocycles. The standard InChI is InChI=1S/C22H23F2N5O3/c1-14-9-19(29-7-2-3-8-29)27-22(26-14)31-13-17-11-18(28-32-17)21(30)25-12-15-5-4-6-16(10-15)20(23)24/h4-6,9-11,20H,2-3,7-8,12-13H2,1H3,(H,25,30). The summed E-state index contributed by atoms with van der Waals surface area (Å²) in [6.07, 6.45) is -0.285. The summed E-state index contributed by atoms with van der Waals surface area (Å²) in [7, 11) is 0. The Hall–Kier alpha value is -3.56. The van der Waals surface area contributed by atoms with Crippen LogP contribution in [0.1, 0.15) is 52.3 Å². The maximum atomic E-state index is 12.8. The molecule has 3 heterocycles. The van der Waals surface area contributed by atoms with Crippen LogP contribution in [-0.4, -0.2) is 34.1 Å². The Morgan fingerprint density at radius 3 is 2.81 bits per heavy atom. The van der Waals surface area contributed by atoms with E-state index in [-0.39, 0.29) is 30.4 Å². The number of ether oxygens (including phenoxy) is 1. The average molecular weight is 443 g/mol. The zero-order valence-corrected chi connectivity index (χ0v) is 17.6. The fourth-order valence-electron chi connectivity index (χ4n) is 3.43. The van der Waals surface area contributed by atoms with Gasteiger partial charge in [-0.1, -0.05) is 23.4 Å². The summed E-state index contributed by atoms with van der Waals surface area (Å²) in [5, 5.41) is 6.39. The number of carbonyl (C=O) groups excluding carboxylic acids is 1. The van der Waals surface area contributed by atoms with Crippen molar-refractivity contribution in [1.29, 1.82) is 0 Å². The van der Waals surface area contributed by atoms with Crippen LogP contribution in [0.2, 0.25) is 0 Å². The third-order valence-electron chi connectivity index (χ3n) is 5.04. The number of rotatable bonds is 8. The lowest BCUT2D eigenvalue weighted by Crippen LogP contribution is -2.23. The number of anilines is 1. The Morgan fingerprint density at radius 1 is 1.22 bits per heavy atom. The van der Waals surface area contributed by atoms with E-state index in [1.807, 2.05) is 13.0 Å². The molecule has 168 valence electrons. The molecule has 1 aliphatic rings. The van der Waals surface area contributed by atoms with Crippen molar-refractivity contribution >= 4 is 11.7 Å². The molecule has 1 N–H and O–H groups in total. The quantitative estimate of drug-likeness (QED) is 0.566. The van der Waals surface area contributed by atoms with Crippen molar-refractivity contribution in [1.82, 2.24) is 20.4 Å². The molecule has 0 spiro atoms. The van der Waals surface area contributed by atoms with Gasteiger partial charge < -0.3 is 19.5 Å². The fourth-order valence-corrected chi connectivity index (χ4v) is 3.43. The molecule has 32 heavy (non-hydrogen) atoms. The number of aryl methyl sites for hydroxylation is 1. The normalized spacial score (nSPS) is 13.6. The van der Waals surface area contributed by atoms with Crippen molar-refractivity contribution in [3.05, 3.63) is 64.7 Å². The van der Waals surface area contributed by atoms with E-state index >= 15 is 0 Å². The number of hydrogen-bond donors (Lipinski definition) is 1. The average Bonchev–Trinajstić information content (AvgIpc) is 3.48. The molecule has 0 aliphatic carbocycles. The lowest BCUT2D eigenvalue weighted by molar-refractivity contribution is 0.0941. The van der Waals surface area contributed by atoms with Gasteiger partial charge in [0.15, 0.2) is 18.1 Å². The molecule has 1 amide bonds. The highest BCUT2D eigenvalue weighted by Crippen LogP contribution is 2.21. The number of alkyl halides is 2. The summed E-state index contributed by atoms with van der Waals surface area (Å²) in [4.78, 5) is 23.2. The molecular formula is C22H23F2N5O3. The second-order valence-electron chi connectivity index (χ2n) is 7.54. The first-order valence-corrected chi connectivity index (χ1v) is 10.3. The van der Waals surface area contributed by atoms with Gasteiger partial charge in [-0.25, -0.2) is 13.8 Å². The number of amides is 1. The number of aromatic nitrogens is 3. The van der Waals surface area contributed by atoms with Gasteiger partial charge in [-0.2, -0.15) is 4.98 Å². The Bertz CT molecular complexity index is 1080. The Balaban J connectivity index is 1.33. The highest BCUT2D eigenvalue weighted by molar-refractivity contribution is 5.92. The second kappa shape index (κ2) is 9.71. The highest BCUT2D eigenvalue weighted by Gasteiger charge is 2.17. The predicted octanol–water partition coefficient (Wildman–Crippen LogP) is 3.82. The van der Waals surface area contributed by atoms with Crippen molar-refractivity contribution in [2.75, 3.05) is 18.0 Å². The zero-order valence-electron chi connectivity index (χ0n) is 17.6. The first-order chi connectivity index (χ1) is 15.5. The van der Waals surface area contributed by atoms with Gasteiger partial charge in [-0.15, -0.1) is 0 Å². The van der Waals surface area contributed by atoms with Crippen molar-refractivity contribution in [2.24, 2.45) is 0 Å². The van der Waals surface area contributed by atoms with Gasteiger partial charge in [0, 0.05) is 43.0 Å². The third kappa shape index (κ3) is 5.37. The van der Waals surface area contributed by atoms with E-state index in [0.717, 1.165) is 37.4 Å². The predicted molar refractivity (Wildman–Crippen MR) is 112 cm³/mol. The number of benzene rings is 1. The maximum absolute atomic E-state index is 12.8. The second-order valence-corrected chi connectivity index (χ2v) is 7.54. The highest BCUT2D eigenvalue weighted by atomic mass is 19.3. The molecule has 0 radical (unpaired) electrons. The minimum Gasteiger partial charge on any atom is -0.455 e. The number of halogens is 2. The molecule has 2 aromatic heterocycles. The number of carbonyl (C=O) groups is 1. The summed E-state index contributed by atoms with van der Waals surface area (Å²) >= 11 is 0. The topological polar surface area (TPSA) is 93.4 Å². The minimum atomic E-state index is -2.56. The smallest absolute Gasteiger partial charge is 0.319 e. The van der Waals surface area contributed by atoms with Gasteiger partial charge in [-0.05, 0) is 31.4 Å². The van der Waals surface area contributed by atoms with Gasteiger partial charge in [-0.3, -0.25) is 4.79 Å². The van der Waals surface area contributed by atoms with Gasteiger partial charge in [0.2, 0.25) is 0 Å². The molecule has 3 aromatic rings. The molecule has 8 nitrogen and oxygen atoms in total. The Kier molecular flexibility index (Phi) is 6.58. The van der Waals surface area contributed by atoms with E-state index in [1.165, 1.54) is 24.3 Å². The van der Waals surface area contributed by atoms with Crippen LogP contribution in [-0.2, 0) is 13.2 Å². The molecule has 0 bridgehead atoms. The van der Waals surface area contributed by atoms with E-state index in [2.05, 4.69) is 25.3 Å². The fraction of sp³-hybridized carbons (Fsp3) is 0.364. The van der Waals surface area contributed by atoms with Crippen molar-refractivity contribution in [3.8, 4) is 6.01 Å². The molecule has 1 aliphatic heterocycles. The van der Waals surface area contributed by atoms with Crippen LogP contribution in [0.5, 0.6) is 6.01 Å². The van der Waals surface area contributed by atoms with Gasteiger partial charge in [0.1, 0.15) is 5.82 Å². The van der Waals surface area contributed by atoms with Crippen molar-refractivity contribution in [2.45, 2.75) is 39.3 Å². The molecule has 0 unspecified atom stereocenters. The Morgan fingerprint density at radius 2 is 2.03 bits per heavy atom. The zero-order chi connectivity index (χ0) is 22.5. The van der Waals surface area contributed by atoms with Gasteiger partial charge in [0.05, 0.1) is 0 Å². The summed E-state index contributed by atoms with van der Waals surface area (Å²) in [6.45, 7) is 3.90. The third-order valence-corrected chi connectivity index (χ3v) is 5.04. The van der Waals surface area contributed by atoms with Crippen molar-refractivity contribution < 1.29 is 22.8 Å². The SMILES string of the molecule is Cc1cc(N2CCCC2)nc(OCc2cc(C(=O)NCc3cccc(C(F)F)c3)no2)n1.